The van der Waals surface area contributed by atoms with Gasteiger partial charge in [-0.3, -0.25) is 4.79 Å². The van der Waals surface area contributed by atoms with E-state index in [-0.39, 0.29) is 17.4 Å². The second-order valence-electron chi connectivity index (χ2n) is 5.61. The number of amides is 1. The van der Waals surface area contributed by atoms with Gasteiger partial charge in [0.2, 0.25) is 0 Å². The Morgan fingerprint density at radius 3 is 2.04 bits per heavy atom. The smallest absolute Gasteiger partial charge is 0.255 e. The highest BCUT2D eigenvalue weighted by atomic mass is 16.3. The molecule has 4 N–H and O–H groups in total. The molecule has 0 bridgehead atoms. The highest BCUT2D eigenvalue weighted by molar-refractivity contribution is 6.04. The molecule has 3 rings (SSSR count). The van der Waals surface area contributed by atoms with Crippen LogP contribution in [0.25, 0.3) is 0 Å². The summed E-state index contributed by atoms with van der Waals surface area (Å²) in [5.41, 5.74) is 2.91. The Morgan fingerprint density at radius 1 is 0.800 bits per heavy atom. The van der Waals surface area contributed by atoms with E-state index in [2.05, 4.69) is 10.6 Å². The maximum Gasteiger partial charge on any atom is 0.255 e. The third-order valence-electron chi connectivity index (χ3n) is 3.66. The Hall–Kier alpha value is -3.47. The summed E-state index contributed by atoms with van der Waals surface area (Å²) in [7, 11) is 0. The van der Waals surface area contributed by atoms with Gasteiger partial charge in [-0.15, -0.1) is 0 Å². The second kappa shape index (κ2) is 7.40. The molecular weight excluding hydrogens is 316 g/mol. The van der Waals surface area contributed by atoms with Gasteiger partial charge in [-0.05, 0) is 42.0 Å². The third-order valence-corrected chi connectivity index (χ3v) is 3.66. The predicted octanol–water partition coefficient (Wildman–Crippen LogP) is 3.96. The van der Waals surface area contributed by atoms with E-state index in [1.807, 2.05) is 18.2 Å². The molecule has 5 nitrogen and oxygen atoms in total. The molecule has 0 aliphatic carbocycles. The number of carbonyl (C=O) groups is 1. The number of hydrogen-bond acceptors (Lipinski definition) is 4. The van der Waals surface area contributed by atoms with Crippen LogP contribution in [-0.2, 0) is 6.54 Å². The molecule has 0 saturated heterocycles. The van der Waals surface area contributed by atoms with E-state index in [9.17, 15) is 15.0 Å². The number of benzene rings is 3. The minimum atomic E-state index is -0.238. The lowest BCUT2D eigenvalue weighted by Gasteiger charge is -2.09. The van der Waals surface area contributed by atoms with E-state index in [1.165, 1.54) is 6.07 Å². The van der Waals surface area contributed by atoms with E-state index in [4.69, 9.17) is 0 Å². The molecule has 0 aromatic heterocycles. The van der Waals surface area contributed by atoms with Crippen molar-refractivity contribution in [1.29, 1.82) is 0 Å². The summed E-state index contributed by atoms with van der Waals surface area (Å²) in [4.78, 5) is 12.2. The molecule has 0 heterocycles. The van der Waals surface area contributed by atoms with Gasteiger partial charge in [-0.2, -0.15) is 0 Å². The molecule has 126 valence electrons. The van der Waals surface area contributed by atoms with Crippen molar-refractivity contribution in [2.24, 2.45) is 0 Å². The van der Waals surface area contributed by atoms with Gasteiger partial charge in [0, 0.05) is 35.6 Å². The topological polar surface area (TPSA) is 81.6 Å². The van der Waals surface area contributed by atoms with E-state index < -0.39 is 0 Å². The number of phenolic OH excluding ortho intramolecular Hbond substituents is 2. The zero-order valence-electron chi connectivity index (χ0n) is 13.4. The summed E-state index contributed by atoms with van der Waals surface area (Å²) in [5.74, 6) is 0.0771. The largest absolute Gasteiger partial charge is 0.508 e. The lowest BCUT2D eigenvalue weighted by atomic mass is 10.1. The lowest BCUT2D eigenvalue weighted by Crippen LogP contribution is -2.11. The molecule has 1 amide bonds. The van der Waals surface area contributed by atoms with Crippen LogP contribution in [0.15, 0.2) is 72.8 Å². The van der Waals surface area contributed by atoms with E-state index in [0.29, 0.717) is 17.8 Å². The van der Waals surface area contributed by atoms with Crippen LogP contribution in [0.1, 0.15) is 15.9 Å². The van der Waals surface area contributed by atoms with Crippen LogP contribution in [0, 0.1) is 0 Å². The molecule has 0 unspecified atom stereocenters. The van der Waals surface area contributed by atoms with Crippen molar-refractivity contribution >= 4 is 17.3 Å². The molecule has 25 heavy (non-hydrogen) atoms. The quantitative estimate of drug-likeness (QED) is 0.569. The van der Waals surface area contributed by atoms with Crippen molar-refractivity contribution in [3.8, 4) is 11.5 Å². The van der Waals surface area contributed by atoms with Crippen LogP contribution < -0.4 is 10.6 Å². The van der Waals surface area contributed by atoms with Crippen molar-refractivity contribution in [1.82, 2.24) is 0 Å². The average Bonchev–Trinajstić information content (AvgIpc) is 2.60. The summed E-state index contributed by atoms with van der Waals surface area (Å²) < 4.78 is 0. The maximum atomic E-state index is 12.2. The van der Waals surface area contributed by atoms with Crippen molar-refractivity contribution in [2.75, 3.05) is 10.6 Å². The fraction of sp³-hybridized carbons (Fsp3) is 0.0500. The summed E-state index contributed by atoms with van der Waals surface area (Å²) in [5, 5.41) is 24.8. The average molecular weight is 334 g/mol. The molecule has 3 aromatic carbocycles. The molecule has 0 atom stereocenters. The van der Waals surface area contributed by atoms with Gasteiger partial charge in [0.15, 0.2) is 0 Å². The summed E-state index contributed by atoms with van der Waals surface area (Å²) >= 11 is 0. The molecule has 0 saturated carbocycles. The van der Waals surface area contributed by atoms with Gasteiger partial charge >= 0.3 is 0 Å². The van der Waals surface area contributed by atoms with Crippen LogP contribution >= 0.6 is 0 Å². The van der Waals surface area contributed by atoms with Crippen LogP contribution in [-0.4, -0.2) is 16.1 Å². The zero-order chi connectivity index (χ0) is 17.6. The molecule has 0 spiro atoms. The number of carbonyl (C=O) groups excluding carboxylic acids is 1. The van der Waals surface area contributed by atoms with Crippen LogP contribution in [0.5, 0.6) is 11.5 Å². The fourth-order valence-corrected chi connectivity index (χ4v) is 2.38. The summed E-state index contributed by atoms with van der Waals surface area (Å²) in [6, 6.07) is 20.6. The van der Waals surface area contributed by atoms with Crippen LogP contribution in [0.4, 0.5) is 11.4 Å². The van der Waals surface area contributed by atoms with E-state index >= 15 is 0 Å². The Bertz CT molecular complexity index is 876. The molecule has 0 aliphatic heterocycles. The lowest BCUT2D eigenvalue weighted by molar-refractivity contribution is 0.102. The van der Waals surface area contributed by atoms with E-state index in [0.717, 1.165) is 11.3 Å². The molecule has 0 radical (unpaired) electrons. The van der Waals surface area contributed by atoms with Crippen LogP contribution in [0.3, 0.4) is 0 Å². The van der Waals surface area contributed by atoms with Crippen molar-refractivity contribution < 1.29 is 15.0 Å². The summed E-state index contributed by atoms with van der Waals surface area (Å²) in [6.45, 7) is 0.581. The first kappa shape index (κ1) is 16.4. The second-order valence-corrected chi connectivity index (χ2v) is 5.61. The number of hydrogen-bond donors (Lipinski definition) is 4. The van der Waals surface area contributed by atoms with Crippen molar-refractivity contribution in [2.45, 2.75) is 6.54 Å². The number of phenols is 2. The SMILES string of the molecule is O=C(Nc1cccc(O)c1)c1ccc(CNc2cccc(O)c2)cc1. The highest BCUT2D eigenvalue weighted by Crippen LogP contribution is 2.18. The minimum Gasteiger partial charge on any atom is -0.508 e. The maximum absolute atomic E-state index is 12.2. The third kappa shape index (κ3) is 4.51. The number of aromatic hydroxyl groups is 2. The van der Waals surface area contributed by atoms with Crippen LogP contribution in [0.2, 0.25) is 0 Å². The zero-order valence-corrected chi connectivity index (χ0v) is 13.4. The monoisotopic (exact) mass is 334 g/mol. The van der Waals surface area contributed by atoms with E-state index in [1.54, 1.807) is 48.5 Å². The van der Waals surface area contributed by atoms with Gasteiger partial charge in [0.05, 0.1) is 0 Å². The Morgan fingerprint density at radius 2 is 1.40 bits per heavy atom. The molecular formula is C20H18N2O3. The Labute approximate surface area is 145 Å². The minimum absolute atomic E-state index is 0.103. The van der Waals surface area contributed by atoms with Gasteiger partial charge in [0.25, 0.3) is 5.91 Å². The first-order valence-electron chi connectivity index (χ1n) is 7.82. The number of nitrogens with one attached hydrogen (secondary N) is 2. The Balaban J connectivity index is 1.60. The van der Waals surface area contributed by atoms with Gasteiger partial charge in [0.1, 0.15) is 11.5 Å². The first-order valence-corrected chi connectivity index (χ1v) is 7.82. The highest BCUT2D eigenvalue weighted by Gasteiger charge is 2.06. The molecule has 5 heteroatoms. The van der Waals surface area contributed by atoms with Gasteiger partial charge < -0.3 is 20.8 Å². The molecule has 3 aromatic rings. The van der Waals surface area contributed by atoms with Crippen molar-refractivity contribution in [3.05, 3.63) is 83.9 Å². The predicted molar refractivity (Wildman–Crippen MR) is 97.9 cm³/mol. The first-order chi connectivity index (χ1) is 12.1. The van der Waals surface area contributed by atoms with Gasteiger partial charge in [-0.1, -0.05) is 24.3 Å². The van der Waals surface area contributed by atoms with Gasteiger partial charge in [-0.25, -0.2) is 0 Å². The normalized spacial score (nSPS) is 10.2. The standard InChI is InChI=1S/C20H18N2O3/c23-18-5-1-3-16(11-18)21-13-14-7-9-15(10-8-14)20(25)22-17-4-2-6-19(24)12-17/h1-12,21,23-24H,13H2,(H,22,25). The van der Waals surface area contributed by atoms with Crippen molar-refractivity contribution in [3.63, 3.8) is 0 Å². The Kier molecular flexibility index (Phi) is 4.85. The molecule has 0 fully saturated rings. The summed E-state index contributed by atoms with van der Waals surface area (Å²) in [6.07, 6.45) is 0. The fourth-order valence-electron chi connectivity index (χ4n) is 2.38. The number of anilines is 2. The number of rotatable bonds is 5. The molecule has 0 aliphatic rings.